The number of aliphatic hydroxyl groups excluding tert-OH is 1. The summed E-state index contributed by atoms with van der Waals surface area (Å²) in [5, 5.41) is 22.0. The van der Waals surface area contributed by atoms with Gasteiger partial charge in [0.1, 0.15) is 0 Å². The number of imidazole rings is 1. The Balaban J connectivity index is 1.60. The van der Waals surface area contributed by atoms with Crippen LogP contribution in [-0.4, -0.2) is 27.7 Å². The molecule has 1 aromatic carbocycles. The van der Waals surface area contributed by atoms with Crippen LogP contribution in [0.15, 0.2) is 43.0 Å². The third-order valence-corrected chi connectivity index (χ3v) is 3.34. The molecule has 0 spiro atoms. The molecular formula is C16H20N4O. The highest BCUT2D eigenvalue weighted by atomic mass is 16.3. The molecule has 1 heterocycles. The van der Waals surface area contributed by atoms with Crippen LogP contribution >= 0.6 is 0 Å². The predicted molar refractivity (Wildman–Crippen MR) is 80.4 cm³/mol. The highest BCUT2D eigenvalue weighted by molar-refractivity contribution is 5.32. The monoisotopic (exact) mass is 284 g/mol. The number of nitrogens with one attached hydrogen (secondary N) is 1. The van der Waals surface area contributed by atoms with Crippen LogP contribution in [0.3, 0.4) is 0 Å². The summed E-state index contributed by atoms with van der Waals surface area (Å²) in [5.74, 6) is 0. The van der Waals surface area contributed by atoms with Crippen molar-refractivity contribution in [2.45, 2.75) is 25.5 Å². The summed E-state index contributed by atoms with van der Waals surface area (Å²) < 4.78 is 2.06. The summed E-state index contributed by atoms with van der Waals surface area (Å²) >= 11 is 0. The fourth-order valence-corrected chi connectivity index (χ4v) is 2.10. The number of rotatable bonds is 8. The molecule has 1 unspecified atom stereocenters. The molecule has 21 heavy (non-hydrogen) atoms. The van der Waals surface area contributed by atoms with Gasteiger partial charge in [-0.1, -0.05) is 12.1 Å². The van der Waals surface area contributed by atoms with Crippen LogP contribution in [0.25, 0.3) is 0 Å². The second-order valence-electron chi connectivity index (χ2n) is 4.96. The standard InChI is InChI=1S/C16H20N4O/c17-11-14-3-5-15(6-4-14)16(21)12-18-7-1-2-9-20-10-8-19-13-20/h3-6,8,10,13,16,18,21H,1-2,7,9,12H2. The second kappa shape index (κ2) is 8.20. The molecular weight excluding hydrogens is 264 g/mol. The average molecular weight is 284 g/mol. The predicted octanol–water partition coefficient (Wildman–Crippen LogP) is 1.86. The number of aliphatic hydroxyl groups is 1. The molecule has 2 N–H and O–H groups in total. The van der Waals surface area contributed by atoms with E-state index >= 15 is 0 Å². The van der Waals surface area contributed by atoms with E-state index in [4.69, 9.17) is 5.26 Å². The number of hydrogen-bond donors (Lipinski definition) is 2. The molecule has 2 rings (SSSR count). The van der Waals surface area contributed by atoms with Gasteiger partial charge in [0.15, 0.2) is 0 Å². The Kier molecular flexibility index (Phi) is 5.95. The molecule has 5 nitrogen and oxygen atoms in total. The van der Waals surface area contributed by atoms with Crippen molar-refractivity contribution in [2.75, 3.05) is 13.1 Å². The summed E-state index contributed by atoms with van der Waals surface area (Å²) in [5.41, 5.74) is 1.44. The average Bonchev–Trinajstić information content (AvgIpc) is 3.04. The van der Waals surface area contributed by atoms with Crippen molar-refractivity contribution in [1.82, 2.24) is 14.9 Å². The highest BCUT2D eigenvalue weighted by Gasteiger charge is 2.06. The number of unbranched alkanes of at least 4 members (excludes halogenated alkanes) is 1. The van der Waals surface area contributed by atoms with E-state index in [1.807, 2.05) is 12.5 Å². The minimum Gasteiger partial charge on any atom is -0.387 e. The first kappa shape index (κ1) is 15.2. The molecule has 0 aliphatic carbocycles. The summed E-state index contributed by atoms with van der Waals surface area (Å²) in [6, 6.07) is 9.11. The summed E-state index contributed by atoms with van der Waals surface area (Å²) in [6.45, 7) is 2.37. The van der Waals surface area contributed by atoms with Crippen molar-refractivity contribution in [3.8, 4) is 6.07 Å². The second-order valence-corrected chi connectivity index (χ2v) is 4.96. The lowest BCUT2D eigenvalue weighted by atomic mass is 10.1. The van der Waals surface area contributed by atoms with Gasteiger partial charge >= 0.3 is 0 Å². The molecule has 0 bridgehead atoms. The minimum absolute atomic E-state index is 0.525. The van der Waals surface area contributed by atoms with Crippen molar-refractivity contribution < 1.29 is 5.11 Å². The molecule has 0 aliphatic heterocycles. The van der Waals surface area contributed by atoms with Crippen molar-refractivity contribution in [2.24, 2.45) is 0 Å². The van der Waals surface area contributed by atoms with Crippen LogP contribution in [0, 0.1) is 11.3 Å². The summed E-state index contributed by atoms with van der Waals surface area (Å²) in [4.78, 5) is 4.00. The quantitative estimate of drug-likeness (QED) is 0.726. The van der Waals surface area contributed by atoms with Crippen molar-refractivity contribution in [3.05, 3.63) is 54.1 Å². The SMILES string of the molecule is N#Cc1ccc(C(O)CNCCCCn2ccnc2)cc1. The lowest BCUT2D eigenvalue weighted by Gasteiger charge is -2.12. The van der Waals surface area contributed by atoms with Gasteiger partial charge in [-0.15, -0.1) is 0 Å². The lowest BCUT2D eigenvalue weighted by Crippen LogP contribution is -2.22. The van der Waals surface area contributed by atoms with Crippen LogP contribution in [0.4, 0.5) is 0 Å². The highest BCUT2D eigenvalue weighted by Crippen LogP contribution is 2.12. The first-order chi connectivity index (χ1) is 10.3. The fourth-order valence-electron chi connectivity index (χ4n) is 2.10. The molecule has 0 saturated heterocycles. The Bertz CT molecular complexity index is 557. The Hall–Kier alpha value is -2.16. The van der Waals surface area contributed by atoms with Gasteiger partial charge in [-0.2, -0.15) is 5.26 Å². The Morgan fingerprint density at radius 2 is 2.10 bits per heavy atom. The van der Waals surface area contributed by atoms with Crippen molar-refractivity contribution >= 4 is 0 Å². The van der Waals surface area contributed by atoms with E-state index in [2.05, 4.69) is 20.9 Å². The van der Waals surface area contributed by atoms with E-state index in [0.717, 1.165) is 31.5 Å². The normalized spacial score (nSPS) is 12.0. The van der Waals surface area contributed by atoms with Crippen LogP contribution in [-0.2, 0) is 6.54 Å². The smallest absolute Gasteiger partial charge is 0.0991 e. The number of nitriles is 1. The number of benzene rings is 1. The Labute approximate surface area is 124 Å². The van der Waals surface area contributed by atoms with Crippen LogP contribution in [0.1, 0.15) is 30.1 Å². The van der Waals surface area contributed by atoms with Gasteiger partial charge in [0, 0.05) is 25.5 Å². The van der Waals surface area contributed by atoms with Gasteiger partial charge in [-0.05, 0) is 37.1 Å². The van der Waals surface area contributed by atoms with E-state index in [0.29, 0.717) is 12.1 Å². The van der Waals surface area contributed by atoms with Gasteiger partial charge < -0.3 is 15.0 Å². The summed E-state index contributed by atoms with van der Waals surface area (Å²) in [7, 11) is 0. The zero-order valence-corrected chi connectivity index (χ0v) is 11.9. The first-order valence-corrected chi connectivity index (χ1v) is 7.14. The molecule has 1 aromatic heterocycles. The molecule has 2 aromatic rings. The summed E-state index contributed by atoms with van der Waals surface area (Å²) in [6.07, 6.45) is 7.16. The topological polar surface area (TPSA) is 73.9 Å². The molecule has 5 heteroatoms. The fraction of sp³-hybridized carbons (Fsp3) is 0.375. The van der Waals surface area contributed by atoms with Gasteiger partial charge in [0.05, 0.1) is 24.1 Å². The van der Waals surface area contributed by atoms with Crippen molar-refractivity contribution in [1.29, 1.82) is 5.26 Å². The molecule has 1 atom stereocenters. The van der Waals surface area contributed by atoms with Gasteiger partial charge in [0.25, 0.3) is 0 Å². The molecule has 0 fully saturated rings. The molecule has 110 valence electrons. The van der Waals surface area contributed by atoms with E-state index in [9.17, 15) is 5.11 Å². The van der Waals surface area contributed by atoms with Crippen LogP contribution in [0.2, 0.25) is 0 Å². The molecule has 0 radical (unpaired) electrons. The van der Waals surface area contributed by atoms with E-state index in [-0.39, 0.29) is 0 Å². The van der Waals surface area contributed by atoms with E-state index in [1.165, 1.54) is 0 Å². The van der Waals surface area contributed by atoms with Gasteiger partial charge in [-0.3, -0.25) is 0 Å². The third-order valence-electron chi connectivity index (χ3n) is 3.34. The Morgan fingerprint density at radius 3 is 2.76 bits per heavy atom. The van der Waals surface area contributed by atoms with E-state index in [1.54, 1.807) is 30.5 Å². The largest absolute Gasteiger partial charge is 0.387 e. The van der Waals surface area contributed by atoms with Gasteiger partial charge in [-0.25, -0.2) is 4.98 Å². The van der Waals surface area contributed by atoms with Crippen molar-refractivity contribution in [3.63, 3.8) is 0 Å². The third kappa shape index (κ3) is 5.03. The molecule has 0 aliphatic rings. The number of aromatic nitrogens is 2. The Morgan fingerprint density at radius 1 is 1.29 bits per heavy atom. The molecule has 0 amide bonds. The minimum atomic E-state index is -0.536. The lowest BCUT2D eigenvalue weighted by molar-refractivity contribution is 0.174. The van der Waals surface area contributed by atoms with Crippen LogP contribution in [0.5, 0.6) is 0 Å². The maximum atomic E-state index is 10.0. The van der Waals surface area contributed by atoms with E-state index < -0.39 is 6.10 Å². The zero-order valence-electron chi connectivity index (χ0n) is 11.9. The molecule has 0 saturated carbocycles. The maximum Gasteiger partial charge on any atom is 0.0991 e. The number of hydrogen-bond acceptors (Lipinski definition) is 4. The maximum absolute atomic E-state index is 10.0. The van der Waals surface area contributed by atoms with Crippen LogP contribution < -0.4 is 5.32 Å². The zero-order chi connectivity index (χ0) is 14.9. The van der Waals surface area contributed by atoms with Gasteiger partial charge in [0.2, 0.25) is 0 Å². The number of aryl methyl sites for hydroxylation is 1. The first-order valence-electron chi connectivity index (χ1n) is 7.14. The number of nitrogens with zero attached hydrogens (tertiary/aromatic N) is 3.